The van der Waals surface area contributed by atoms with Crippen molar-refractivity contribution in [1.29, 1.82) is 0 Å². The van der Waals surface area contributed by atoms with Gasteiger partial charge in [0.25, 0.3) is 5.91 Å². The molecule has 2 fully saturated rings. The van der Waals surface area contributed by atoms with Gasteiger partial charge in [0.1, 0.15) is 0 Å². The van der Waals surface area contributed by atoms with Gasteiger partial charge in [0, 0.05) is 39.4 Å². The molecule has 3 amide bonds. The van der Waals surface area contributed by atoms with E-state index in [1.54, 1.807) is 27.9 Å². The van der Waals surface area contributed by atoms with Gasteiger partial charge in [-0.2, -0.15) is 15.0 Å². The van der Waals surface area contributed by atoms with Crippen molar-refractivity contribution in [2.75, 3.05) is 38.1 Å². The molecule has 148 valence electrons. The Morgan fingerprint density at radius 3 is 2.55 bits per heavy atom. The molecule has 10 heteroatoms. The number of hydrogen-bond acceptors (Lipinski definition) is 5. The molecule has 0 bridgehead atoms. The Labute approximate surface area is 166 Å². The number of para-hydroxylation sites is 1. The highest BCUT2D eigenvalue weighted by Crippen LogP contribution is 2.26. The minimum absolute atomic E-state index is 0.0172. The third-order valence-corrected chi connectivity index (χ3v) is 5.34. The number of nitrogens with zero attached hydrogens (tertiary/aromatic N) is 8. The highest BCUT2D eigenvalue weighted by Gasteiger charge is 2.35. The predicted molar refractivity (Wildman–Crippen MR) is 104 cm³/mol. The lowest BCUT2D eigenvalue weighted by atomic mass is 10.1. The Morgan fingerprint density at radius 2 is 1.83 bits per heavy atom. The van der Waals surface area contributed by atoms with Crippen molar-refractivity contribution < 1.29 is 9.59 Å². The highest BCUT2D eigenvalue weighted by atomic mass is 16.2. The number of hydrogen-bond donors (Lipinski definition) is 0. The molecule has 0 aliphatic carbocycles. The second kappa shape index (κ2) is 6.73. The molecule has 1 aromatic carbocycles. The van der Waals surface area contributed by atoms with E-state index >= 15 is 0 Å². The molecule has 2 aliphatic rings. The maximum Gasteiger partial charge on any atom is 0.324 e. The lowest BCUT2D eigenvalue weighted by Gasteiger charge is -2.38. The van der Waals surface area contributed by atoms with E-state index in [0.29, 0.717) is 31.9 Å². The molecule has 0 radical (unpaired) electrons. The van der Waals surface area contributed by atoms with Crippen LogP contribution in [0.25, 0.3) is 5.69 Å². The van der Waals surface area contributed by atoms with Crippen molar-refractivity contribution in [2.24, 2.45) is 0 Å². The van der Waals surface area contributed by atoms with E-state index in [4.69, 9.17) is 0 Å². The summed E-state index contributed by atoms with van der Waals surface area (Å²) in [5.41, 5.74) is 1.91. The van der Waals surface area contributed by atoms with Crippen LogP contribution in [0.5, 0.6) is 0 Å². The number of carbonyl (C=O) groups excluding carboxylic acids is 2. The highest BCUT2D eigenvalue weighted by molar-refractivity contribution is 5.94. The van der Waals surface area contributed by atoms with Crippen LogP contribution < -0.4 is 4.90 Å². The topological polar surface area (TPSA) is 92.4 Å². The normalized spacial score (nSPS) is 17.1. The van der Waals surface area contributed by atoms with Crippen LogP contribution in [0.3, 0.4) is 0 Å². The standard InChI is InChI=1S/C19H20N8O2/c1-23-7-8-25(19(23)29)15-9-20-26(13-15)16-11-24(12-16)18(28)17-10-21-27(22-17)14-5-3-2-4-6-14/h2-6,9-10,13,16H,7-8,11-12H2,1H3. The van der Waals surface area contributed by atoms with Crippen LogP contribution in [0, 0.1) is 0 Å². The fourth-order valence-corrected chi connectivity index (χ4v) is 3.55. The molecular weight excluding hydrogens is 372 g/mol. The van der Waals surface area contributed by atoms with Gasteiger partial charge < -0.3 is 9.80 Å². The van der Waals surface area contributed by atoms with Crippen LogP contribution in [0.15, 0.2) is 48.9 Å². The minimum Gasteiger partial charge on any atom is -0.333 e. The van der Waals surface area contributed by atoms with Gasteiger partial charge in [0.15, 0.2) is 5.69 Å². The molecule has 2 aromatic heterocycles. The Bertz CT molecular complexity index is 1050. The molecule has 4 heterocycles. The smallest absolute Gasteiger partial charge is 0.324 e. The summed E-state index contributed by atoms with van der Waals surface area (Å²) < 4.78 is 1.82. The summed E-state index contributed by atoms with van der Waals surface area (Å²) in [5.74, 6) is -0.146. The molecule has 0 unspecified atom stereocenters. The number of likely N-dealkylation sites (N-methyl/N-ethyl adjacent to an activating group) is 1. The van der Waals surface area contributed by atoms with E-state index in [-0.39, 0.29) is 18.0 Å². The van der Waals surface area contributed by atoms with Crippen LogP contribution in [0.2, 0.25) is 0 Å². The van der Waals surface area contributed by atoms with Crippen molar-refractivity contribution in [2.45, 2.75) is 6.04 Å². The monoisotopic (exact) mass is 392 g/mol. The molecule has 0 N–H and O–H groups in total. The van der Waals surface area contributed by atoms with E-state index in [2.05, 4.69) is 15.3 Å². The lowest BCUT2D eigenvalue weighted by Crippen LogP contribution is -2.51. The molecule has 0 atom stereocenters. The largest absolute Gasteiger partial charge is 0.333 e. The first-order valence-corrected chi connectivity index (χ1v) is 9.44. The van der Waals surface area contributed by atoms with Gasteiger partial charge in [-0.3, -0.25) is 14.4 Å². The summed E-state index contributed by atoms with van der Waals surface area (Å²) in [6.07, 6.45) is 5.06. The van der Waals surface area contributed by atoms with E-state index in [1.807, 2.05) is 41.2 Å². The molecule has 2 saturated heterocycles. The number of amides is 3. The van der Waals surface area contributed by atoms with Crippen LogP contribution in [0.1, 0.15) is 16.5 Å². The van der Waals surface area contributed by atoms with Crippen molar-refractivity contribution in [1.82, 2.24) is 34.6 Å². The quantitative estimate of drug-likeness (QED) is 0.661. The van der Waals surface area contributed by atoms with E-state index < -0.39 is 0 Å². The van der Waals surface area contributed by atoms with Gasteiger partial charge in [0.2, 0.25) is 0 Å². The minimum atomic E-state index is -0.146. The van der Waals surface area contributed by atoms with Gasteiger partial charge in [-0.05, 0) is 12.1 Å². The second-order valence-corrected chi connectivity index (χ2v) is 7.25. The molecule has 2 aliphatic heterocycles. The number of benzene rings is 1. The van der Waals surface area contributed by atoms with Gasteiger partial charge in [0.05, 0.1) is 29.8 Å². The first kappa shape index (κ1) is 17.4. The fraction of sp³-hybridized carbons (Fsp3) is 0.316. The Hall–Kier alpha value is -3.69. The number of likely N-dealkylation sites (tertiary alicyclic amines) is 1. The zero-order chi connectivity index (χ0) is 20.0. The summed E-state index contributed by atoms with van der Waals surface area (Å²) in [6, 6.07) is 9.54. The third-order valence-electron chi connectivity index (χ3n) is 5.34. The summed E-state index contributed by atoms with van der Waals surface area (Å²) >= 11 is 0. The van der Waals surface area contributed by atoms with E-state index in [9.17, 15) is 9.59 Å². The fourth-order valence-electron chi connectivity index (χ4n) is 3.55. The van der Waals surface area contributed by atoms with Crippen LogP contribution >= 0.6 is 0 Å². The van der Waals surface area contributed by atoms with Gasteiger partial charge in [-0.25, -0.2) is 4.79 Å². The molecule has 0 saturated carbocycles. The summed E-state index contributed by atoms with van der Waals surface area (Å²) in [5, 5.41) is 12.9. The Balaban J connectivity index is 1.22. The first-order valence-electron chi connectivity index (χ1n) is 9.44. The maximum atomic E-state index is 12.7. The molecule has 5 rings (SSSR count). The molecule has 0 spiro atoms. The first-order chi connectivity index (χ1) is 14.1. The van der Waals surface area contributed by atoms with Crippen molar-refractivity contribution in [3.63, 3.8) is 0 Å². The van der Waals surface area contributed by atoms with E-state index in [1.165, 1.54) is 11.0 Å². The van der Waals surface area contributed by atoms with E-state index in [0.717, 1.165) is 11.4 Å². The van der Waals surface area contributed by atoms with Crippen LogP contribution in [-0.4, -0.2) is 79.7 Å². The number of aromatic nitrogens is 5. The zero-order valence-corrected chi connectivity index (χ0v) is 15.9. The van der Waals surface area contributed by atoms with Crippen molar-refractivity contribution >= 4 is 17.6 Å². The maximum absolute atomic E-state index is 12.7. The zero-order valence-electron chi connectivity index (χ0n) is 15.9. The lowest BCUT2D eigenvalue weighted by molar-refractivity contribution is 0.0495. The second-order valence-electron chi connectivity index (χ2n) is 7.25. The molecular formula is C19H20N8O2. The van der Waals surface area contributed by atoms with Gasteiger partial charge in [-0.1, -0.05) is 18.2 Å². The summed E-state index contributed by atoms with van der Waals surface area (Å²) in [6.45, 7) is 2.46. The van der Waals surface area contributed by atoms with Crippen molar-refractivity contribution in [3.8, 4) is 5.69 Å². The average molecular weight is 392 g/mol. The van der Waals surface area contributed by atoms with Gasteiger partial charge >= 0.3 is 6.03 Å². The van der Waals surface area contributed by atoms with Crippen LogP contribution in [0.4, 0.5) is 10.5 Å². The number of urea groups is 1. The number of carbonyl (C=O) groups is 2. The SMILES string of the molecule is CN1CCN(c2cnn(C3CN(C(=O)c4cnn(-c5ccccc5)n4)C3)c2)C1=O. The Kier molecular flexibility index (Phi) is 4.04. The summed E-state index contributed by atoms with van der Waals surface area (Å²) in [4.78, 5) is 31.4. The molecule has 29 heavy (non-hydrogen) atoms. The molecule has 3 aromatic rings. The summed E-state index contributed by atoms with van der Waals surface area (Å²) in [7, 11) is 1.79. The third kappa shape index (κ3) is 3.02. The average Bonchev–Trinajstić information content (AvgIpc) is 3.43. The van der Waals surface area contributed by atoms with Gasteiger partial charge in [-0.15, -0.1) is 5.10 Å². The number of anilines is 1. The number of rotatable bonds is 4. The van der Waals surface area contributed by atoms with Crippen LogP contribution in [-0.2, 0) is 0 Å². The predicted octanol–water partition coefficient (Wildman–Crippen LogP) is 1.03. The van der Waals surface area contributed by atoms with Crippen molar-refractivity contribution in [3.05, 3.63) is 54.6 Å². The molecule has 10 nitrogen and oxygen atoms in total. The Morgan fingerprint density at radius 1 is 1.03 bits per heavy atom.